The largest absolute Gasteiger partial charge is 0.481 e. The van der Waals surface area contributed by atoms with E-state index in [2.05, 4.69) is 25.6 Å². The zero-order chi connectivity index (χ0) is 20.3. The summed E-state index contributed by atoms with van der Waals surface area (Å²) in [5.41, 5.74) is 3.03. The number of nitrogens with one attached hydrogen (secondary N) is 2. The lowest BCUT2D eigenvalue weighted by molar-refractivity contribution is 0.398. The number of ether oxygens (including phenoxy) is 1. The molecule has 2 heterocycles. The quantitative estimate of drug-likeness (QED) is 0.635. The standard InChI is InChI=1S/C21H24FN5O/c1-12(2)23-18-11-19(24-16-7-13(3)6-15(22)10-16)27-21(26-18)17-8-14(4)9-20(25-17)28-5/h6-12H,1-5H3,(H2,23,24,26,27). The van der Waals surface area contributed by atoms with Crippen molar-refractivity contribution in [1.29, 1.82) is 0 Å². The van der Waals surface area contributed by atoms with E-state index in [9.17, 15) is 4.39 Å². The molecular weight excluding hydrogens is 357 g/mol. The zero-order valence-electron chi connectivity index (χ0n) is 16.7. The fourth-order valence-corrected chi connectivity index (χ4v) is 2.81. The fraction of sp³-hybridized carbons (Fsp3) is 0.286. The Bertz CT molecular complexity index is 970. The number of hydrogen-bond acceptors (Lipinski definition) is 6. The molecule has 0 saturated carbocycles. The summed E-state index contributed by atoms with van der Waals surface area (Å²) in [5.74, 6) is 1.83. The molecule has 0 spiro atoms. The van der Waals surface area contributed by atoms with Crippen LogP contribution in [-0.4, -0.2) is 28.1 Å². The van der Waals surface area contributed by atoms with Crippen LogP contribution in [0.5, 0.6) is 5.88 Å². The molecule has 3 aromatic rings. The highest BCUT2D eigenvalue weighted by Crippen LogP contribution is 2.25. The van der Waals surface area contributed by atoms with Gasteiger partial charge in [0.05, 0.1) is 7.11 Å². The molecule has 0 unspecified atom stereocenters. The van der Waals surface area contributed by atoms with E-state index in [0.717, 1.165) is 11.1 Å². The van der Waals surface area contributed by atoms with Crippen molar-refractivity contribution in [2.45, 2.75) is 33.7 Å². The first-order chi connectivity index (χ1) is 13.3. The second kappa shape index (κ2) is 8.21. The highest BCUT2D eigenvalue weighted by molar-refractivity contribution is 5.64. The molecule has 0 saturated heterocycles. The maximum absolute atomic E-state index is 13.7. The minimum atomic E-state index is -0.303. The van der Waals surface area contributed by atoms with Crippen molar-refractivity contribution in [3.05, 3.63) is 53.3 Å². The predicted octanol–water partition coefficient (Wildman–Crippen LogP) is 4.87. The monoisotopic (exact) mass is 381 g/mol. The van der Waals surface area contributed by atoms with Crippen molar-refractivity contribution in [1.82, 2.24) is 15.0 Å². The van der Waals surface area contributed by atoms with Crippen LogP contribution in [0, 0.1) is 19.7 Å². The first kappa shape index (κ1) is 19.5. The molecule has 0 bridgehead atoms. The smallest absolute Gasteiger partial charge is 0.213 e. The normalized spacial score (nSPS) is 10.8. The van der Waals surface area contributed by atoms with Crippen LogP contribution in [-0.2, 0) is 0 Å². The summed E-state index contributed by atoms with van der Waals surface area (Å²) in [6.45, 7) is 7.85. The Hall–Kier alpha value is -3.22. The lowest BCUT2D eigenvalue weighted by atomic mass is 10.2. The van der Waals surface area contributed by atoms with Gasteiger partial charge in [-0.3, -0.25) is 0 Å². The van der Waals surface area contributed by atoms with Gasteiger partial charge in [-0.1, -0.05) is 0 Å². The third kappa shape index (κ3) is 4.94. The molecule has 0 aliphatic heterocycles. The number of aromatic nitrogens is 3. The Kier molecular flexibility index (Phi) is 5.73. The number of nitrogens with zero attached hydrogens (tertiary/aromatic N) is 3. The summed E-state index contributed by atoms with van der Waals surface area (Å²) < 4.78 is 19.0. The highest BCUT2D eigenvalue weighted by atomic mass is 19.1. The summed E-state index contributed by atoms with van der Waals surface area (Å²) in [4.78, 5) is 13.6. The van der Waals surface area contributed by atoms with Gasteiger partial charge in [0.25, 0.3) is 0 Å². The number of hydrogen-bond donors (Lipinski definition) is 2. The van der Waals surface area contributed by atoms with Crippen molar-refractivity contribution in [3.8, 4) is 17.4 Å². The topological polar surface area (TPSA) is 72.0 Å². The Morgan fingerprint density at radius 2 is 1.61 bits per heavy atom. The van der Waals surface area contributed by atoms with Gasteiger partial charge in [-0.25, -0.2) is 19.3 Å². The molecule has 2 N–H and O–H groups in total. The molecule has 3 rings (SSSR count). The van der Waals surface area contributed by atoms with Crippen LogP contribution < -0.4 is 15.4 Å². The first-order valence-corrected chi connectivity index (χ1v) is 9.05. The number of pyridine rings is 1. The van der Waals surface area contributed by atoms with Crippen LogP contribution in [0.2, 0.25) is 0 Å². The molecule has 146 valence electrons. The van der Waals surface area contributed by atoms with Gasteiger partial charge < -0.3 is 15.4 Å². The van der Waals surface area contributed by atoms with Gasteiger partial charge in [-0.05, 0) is 63.1 Å². The van der Waals surface area contributed by atoms with Crippen LogP contribution in [0.15, 0.2) is 36.4 Å². The molecule has 28 heavy (non-hydrogen) atoms. The third-order valence-electron chi connectivity index (χ3n) is 3.86. The van der Waals surface area contributed by atoms with Crippen molar-refractivity contribution >= 4 is 17.3 Å². The molecule has 0 fully saturated rings. The summed E-state index contributed by atoms with van der Waals surface area (Å²) in [6.07, 6.45) is 0. The minimum Gasteiger partial charge on any atom is -0.481 e. The molecular formula is C21H24FN5O. The maximum Gasteiger partial charge on any atom is 0.213 e. The zero-order valence-corrected chi connectivity index (χ0v) is 16.7. The summed E-state index contributed by atoms with van der Waals surface area (Å²) >= 11 is 0. The molecule has 6 nitrogen and oxygen atoms in total. The minimum absolute atomic E-state index is 0.187. The number of anilines is 3. The van der Waals surface area contributed by atoms with E-state index in [1.807, 2.05) is 45.9 Å². The van der Waals surface area contributed by atoms with Gasteiger partial charge in [-0.2, -0.15) is 0 Å². The van der Waals surface area contributed by atoms with Gasteiger partial charge >= 0.3 is 0 Å². The van der Waals surface area contributed by atoms with E-state index in [1.54, 1.807) is 13.2 Å². The van der Waals surface area contributed by atoms with E-state index in [1.165, 1.54) is 12.1 Å². The summed E-state index contributed by atoms with van der Waals surface area (Å²) in [7, 11) is 1.57. The Morgan fingerprint density at radius 1 is 0.893 bits per heavy atom. The van der Waals surface area contributed by atoms with E-state index in [4.69, 9.17) is 4.74 Å². The molecule has 0 radical (unpaired) electrons. The van der Waals surface area contributed by atoms with E-state index in [-0.39, 0.29) is 11.9 Å². The van der Waals surface area contributed by atoms with E-state index < -0.39 is 0 Å². The molecule has 0 atom stereocenters. The van der Waals surface area contributed by atoms with Gasteiger partial charge in [0, 0.05) is 23.9 Å². The number of aryl methyl sites for hydroxylation is 2. The number of rotatable bonds is 6. The second-order valence-electron chi connectivity index (χ2n) is 6.98. The van der Waals surface area contributed by atoms with E-state index >= 15 is 0 Å². The predicted molar refractivity (Wildman–Crippen MR) is 110 cm³/mol. The second-order valence-corrected chi connectivity index (χ2v) is 6.98. The van der Waals surface area contributed by atoms with E-state index in [0.29, 0.717) is 34.7 Å². The van der Waals surface area contributed by atoms with Crippen LogP contribution >= 0.6 is 0 Å². The Labute approximate surface area is 164 Å². The van der Waals surface area contributed by atoms with Gasteiger partial charge in [0.1, 0.15) is 23.1 Å². The van der Waals surface area contributed by atoms with Gasteiger partial charge in [0.2, 0.25) is 5.88 Å². The number of methoxy groups -OCH3 is 1. The lowest BCUT2D eigenvalue weighted by Gasteiger charge is -2.14. The van der Waals surface area contributed by atoms with Crippen molar-refractivity contribution in [2.75, 3.05) is 17.7 Å². The Morgan fingerprint density at radius 3 is 2.29 bits per heavy atom. The van der Waals surface area contributed by atoms with Crippen LogP contribution in [0.4, 0.5) is 21.7 Å². The lowest BCUT2D eigenvalue weighted by Crippen LogP contribution is -2.12. The van der Waals surface area contributed by atoms with Gasteiger partial charge in [-0.15, -0.1) is 0 Å². The molecule has 0 amide bonds. The van der Waals surface area contributed by atoms with Crippen molar-refractivity contribution in [3.63, 3.8) is 0 Å². The van der Waals surface area contributed by atoms with Crippen LogP contribution in [0.1, 0.15) is 25.0 Å². The maximum atomic E-state index is 13.7. The van der Waals surface area contributed by atoms with Crippen LogP contribution in [0.3, 0.4) is 0 Å². The molecule has 2 aromatic heterocycles. The average Bonchev–Trinajstić information content (AvgIpc) is 2.59. The molecule has 0 aliphatic rings. The Balaban J connectivity index is 2.05. The van der Waals surface area contributed by atoms with Crippen molar-refractivity contribution in [2.24, 2.45) is 0 Å². The molecule has 1 aromatic carbocycles. The summed E-state index contributed by atoms with van der Waals surface area (Å²) in [5, 5.41) is 6.45. The summed E-state index contributed by atoms with van der Waals surface area (Å²) in [6, 6.07) is 10.5. The number of halogens is 1. The molecule has 7 heteroatoms. The fourth-order valence-electron chi connectivity index (χ4n) is 2.81. The molecule has 0 aliphatic carbocycles. The third-order valence-corrected chi connectivity index (χ3v) is 3.86. The number of benzene rings is 1. The first-order valence-electron chi connectivity index (χ1n) is 9.05. The van der Waals surface area contributed by atoms with Crippen molar-refractivity contribution < 1.29 is 9.13 Å². The van der Waals surface area contributed by atoms with Crippen LogP contribution in [0.25, 0.3) is 11.5 Å². The highest BCUT2D eigenvalue weighted by Gasteiger charge is 2.12. The van der Waals surface area contributed by atoms with Gasteiger partial charge in [0.15, 0.2) is 5.82 Å². The average molecular weight is 381 g/mol. The SMILES string of the molecule is COc1cc(C)cc(-c2nc(Nc3cc(C)cc(F)c3)cc(NC(C)C)n2)n1.